The molecule has 1 aromatic carbocycles. The van der Waals surface area contributed by atoms with Gasteiger partial charge in [0.05, 0.1) is 11.7 Å². The number of hydrogen-bond donors (Lipinski definition) is 2. The van der Waals surface area contributed by atoms with Gasteiger partial charge >= 0.3 is 0 Å². The number of aryl methyl sites for hydroxylation is 1. The van der Waals surface area contributed by atoms with Crippen LogP contribution in [0, 0.1) is 5.92 Å². The van der Waals surface area contributed by atoms with Gasteiger partial charge in [-0.05, 0) is 43.0 Å². The SMILES string of the molecule is CNc1ccc(-c2ccc(C(=O)N[C@H](c3nccn3C)C3CC3)cc2)nn1. The van der Waals surface area contributed by atoms with E-state index in [1.807, 2.05) is 54.2 Å². The summed E-state index contributed by atoms with van der Waals surface area (Å²) in [6, 6.07) is 11.2. The van der Waals surface area contributed by atoms with Gasteiger partial charge in [0.1, 0.15) is 11.6 Å². The first-order valence-electron chi connectivity index (χ1n) is 9.05. The number of carbonyl (C=O) groups excluding carboxylic acids is 1. The number of aromatic nitrogens is 4. The van der Waals surface area contributed by atoms with Gasteiger partial charge in [-0.25, -0.2) is 4.98 Å². The minimum Gasteiger partial charge on any atom is -0.372 e. The molecule has 0 aliphatic heterocycles. The molecule has 3 aromatic rings. The van der Waals surface area contributed by atoms with Crippen molar-refractivity contribution >= 4 is 11.7 Å². The summed E-state index contributed by atoms with van der Waals surface area (Å²) in [6.07, 6.45) is 5.92. The number of hydrogen-bond acceptors (Lipinski definition) is 5. The molecule has 7 nitrogen and oxygen atoms in total. The van der Waals surface area contributed by atoms with Crippen molar-refractivity contribution in [2.24, 2.45) is 13.0 Å². The molecule has 2 aromatic heterocycles. The van der Waals surface area contributed by atoms with Gasteiger partial charge < -0.3 is 15.2 Å². The van der Waals surface area contributed by atoms with Crippen LogP contribution in [0.15, 0.2) is 48.8 Å². The lowest BCUT2D eigenvalue weighted by Gasteiger charge is -2.18. The third-order valence-electron chi connectivity index (χ3n) is 4.88. The van der Waals surface area contributed by atoms with Gasteiger partial charge in [0.15, 0.2) is 0 Å². The van der Waals surface area contributed by atoms with Crippen LogP contribution in [0.3, 0.4) is 0 Å². The maximum absolute atomic E-state index is 12.7. The Hall–Kier alpha value is -3.22. The normalized spacial score (nSPS) is 14.6. The third-order valence-corrected chi connectivity index (χ3v) is 4.88. The highest BCUT2D eigenvalue weighted by Gasteiger charge is 2.35. The molecule has 138 valence electrons. The summed E-state index contributed by atoms with van der Waals surface area (Å²) in [5, 5.41) is 14.4. The van der Waals surface area contributed by atoms with E-state index in [1.165, 1.54) is 0 Å². The van der Waals surface area contributed by atoms with Crippen molar-refractivity contribution in [2.75, 3.05) is 12.4 Å². The Labute approximate surface area is 157 Å². The molecule has 2 heterocycles. The van der Waals surface area contributed by atoms with E-state index in [2.05, 4.69) is 25.8 Å². The zero-order chi connectivity index (χ0) is 18.8. The molecular formula is C20H22N6O. The summed E-state index contributed by atoms with van der Waals surface area (Å²) in [5.41, 5.74) is 2.31. The second-order valence-electron chi connectivity index (χ2n) is 6.82. The average Bonchev–Trinajstić information content (AvgIpc) is 3.47. The zero-order valence-electron chi connectivity index (χ0n) is 15.4. The van der Waals surface area contributed by atoms with Crippen LogP contribution < -0.4 is 10.6 Å². The summed E-state index contributed by atoms with van der Waals surface area (Å²) in [4.78, 5) is 17.2. The lowest BCUT2D eigenvalue weighted by atomic mass is 10.1. The molecule has 2 N–H and O–H groups in total. The molecule has 27 heavy (non-hydrogen) atoms. The van der Waals surface area contributed by atoms with E-state index in [1.54, 1.807) is 13.2 Å². The molecule has 1 atom stereocenters. The fourth-order valence-electron chi connectivity index (χ4n) is 3.14. The monoisotopic (exact) mass is 362 g/mol. The van der Waals surface area contributed by atoms with Crippen LogP contribution in [0.1, 0.15) is 35.1 Å². The van der Waals surface area contributed by atoms with Crippen LogP contribution in [-0.4, -0.2) is 32.7 Å². The number of anilines is 1. The zero-order valence-corrected chi connectivity index (χ0v) is 15.4. The number of rotatable bonds is 6. The Balaban J connectivity index is 1.49. The number of carbonyl (C=O) groups is 1. The Morgan fingerprint density at radius 1 is 1.15 bits per heavy atom. The molecule has 0 bridgehead atoms. The van der Waals surface area contributed by atoms with Crippen LogP contribution in [0.4, 0.5) is 5.82 Å². The second-order valence-corrected chi connectivity index (χ2v) is 6.82. The number of nitrogens with one attached hydrogen (secondary N) is 2. The Bertz CT molecular complexity index is 928. The quantitative estimate of drug-likeness (QED) is 0.704. The topological polar surface area (TPSA) is 84.7 Å². The van der Waals surface area contributed by atoms with Crippen LogP contribution in [-0.2, 0) is 7.05 Å². The summed E-state index contributed by atoms with van der Waals surface area (Å²) in [6.45, 7) is 0. The van der Waals surface area contributed by atoms with Crippen LogP contribution in [0.25, 0.3) is 11.3 Å². The first-order valence-corrected chi connectivity index (χ1v) is 9.05. The highest BCUT2D eigenvalue weighted by molar-refractivity contribution is 5.94. The first kappa shape index (κ1) is 17.2. The van der Waals surface area contributed by atoms with Crippen LogP contribution >= 0.6 is 0 Å². The minimum absolute atomic E-state index is 0.0443. The fraction of sp³-hybridized carbons (Fsp3) is 0.300. The molecule has 0 saturated heterocycles. The minimum atomic E-state index is -0.0851. The highest BCUT2D eigenvalue weighted by Crippen LogP contribution is 2.40. The maximum atomic E-state index is 12.7. The molecular weight excluding hydrogens is 340 g/mol. The number of amides is 1. The van der Waals surface area contributed by atoms with Crippen molar-refractivity contribution < 1.29 is 4.79 Å². The summed E-state index contributed by atoms with van der Waals surface area (Å²) >= 11 is 0. The first-order chi connectivity index (χ1) is 13.2. The van der Waals surface area contributed by atoms with Crippen molar-refractivity contribution in [1.29, 1.82) is 0 Å². The van der Waals surface area contributed by atoms with E-state index in [0.717, 1.165) is 35.7 Å². The van der Waals surface area contributed by atoms with Gasteiger partial charge in [0.2, 0.25) is 0 Å². The van der Waals surface area contributed by atoms with Gasteiger partial charge in [-0.15, -0.1) is 10.2 Å². The van der Waals surface area contributed by atoms with E-state index in [-0.39, 0.29) is 11.9 Å². The van der Waals surface area contributed by atoms with E-state index >= 15 is 0 Å². The predicted octanol–water partition coefficient (Wildman–Crippen LogP) is 2.80. The molecule has 1 aliphatic rings. The number of nitrogens with zero attached hydrogens (tertiary/aromatic N) is 4. The lowest BCUT2D eigenvalue weighted by molar-refractivity contribution is 0.0929. The molecule has 4 rings (SSSR count). The van der Waals surface area contributed by atoms with E-state index in [0.29, 0.717) is 11.5 Å². The van der Waals surface area contributed by atoms with E-state index < -0.39 is 0 Å². The highest BCUT2D eigenvalue weighted by atomic mass is 16.1. The molecule has 1 amide bonds. The van der Waals surface area contributed by atoms with E-state index in [9.17, 15) is 4.79 Å². The van der Waals surface area contributed by atoms with Crippen molar-refractivity contribution in [3.05, 3.63) is 60.2 Å². The Morgan fingerprint density at radius 3 is 2.48 bits per heavy atom. The average molecular weight is 362 g/mol. The molecule has 1 saturated carbocycles. The predicted molar refractivity (Wildman–Crippen MR) is 103 cm³/mol. The summed E-state index contributed by atoms with van der Waals surface area (Å²) < 4.78 is 1.97. The second kappa shape index (κ2) is 7.19. The van der Waals surface area contributed by atoms with E-state index in [4.69, 9.17) is 0 Å². The van der Waals surface area contributed by atoms with Gasteiger partial charge in [-0.3, -0.25) is 4.79 Å². The van der Waals surface area contributed by atoms with Crippen LogP contribution in [0.5, 0.6) is 0 Å². The van der Waals surface area contributed by atoms with Gasteiger partial charge in [0.25, 0.3) is 5.91 Å². The molecule has 7 heteroatoms. The van der Waals surface area contributed by atoms with Crippen molar-refractivity contribution in [3.63, 3.8) is 0 Å². The van der Waals surface area contributed by atoms with Crippen molar-refractivity contribution in [3.8, 4) is 11.3 Å². The number of imidazole rings is 1. The summed E-state index contributed by atoms with van der Waals surface area (Å²) in [5.74, 6) is 2.01. The Morgan fingerprint density at radius 2 is 1.93 bits per heavy atom. The molecule has 0 unspecified atom stereocenters. The van der Waals surface area contributed by atoms with Gasteiger partial charge in [-0.1, -0.05) is 12.1 Å². The molecule has 0 radical (unpaired) electrons. The summed E-state index contributed by atoms with van der Waals surface area (Å²) in [7, 11) is 3.76. The molecule has 1 aliphatic carbocycles. The molecule has 0 spiro atoms. The lowest BCUT2D eigenvalue weighted by Crippen LogP contribution is -2.31. The maximum Gasteiger partial charge on any atom is 0.251 e. The van der Waals surface area contributed by atoms with Crippen molar-refractivity contribution in [2.45, 2.75) is 18.9 Å². The smallest absolute Gasteiger partial charge is 0.251 e. The van der Waals surface area contributed by atoms with Crippen molar-refractivity contribution in [1.82, 2.24) is 25.1 Å². The fourth-order valence-corrected chi connectivity index (χ4v) is 3.14. The standard InChI is InChI=1S/C20H22N6O/c1-21-17-10-9-16(24-25-17)13-3-7-15(8-4-13)20(27)23-18(14-5-6-14)19-22-11-12-26(19)2/h3-4,7-12,14,18H,5-6H2,1-2H3,(H,21,25)(H,23,27)/t18-/m0/s1. The molecule has 1 fully saturated rings. The number of benzene rings is 1. The van der Waals surface area contributed by atoms with Crippen LogP contribution in [0.2, 0.25) is 0 Å². The Kier molecular flexibility index (Phi) is 4.58. The van der Waals surface area contributed by atoms with Gasteiger partial charge in [-0.2, -0.15) is 0 Å². The largest absolute Gasteiger partial charge is 0.372 e. The third kappa shape index (κ3) is 3.67. The van der Waals surface area contributed by atoms with Gasteiger partial charge in [0, 0.05) is 37.6 Å².